The van der Waals surface area contributed by atoms with Crippen molar-refractivity contribution in [2.45, 2.75) is 6.61 Å². The molecule has 78 valence electrons. The Kier molecular flexibility index (Phi) is 4.51. The number of nitrogens with zero attached hydrogens (tertiary/aromatic N) is 1. The van der Waals surface area contributed by atoms with E-state index < -0.39 is 0 Å². The van der Waals surface area contributed by atoms with Gasteiger partial charge in [0.05, 0.1) is 18.8 Å². The van der Waals surface area contributed by atoms with E-state index in [9.17, 15) is 4.79 Å². The average Bonchev–Trinajstić information content (AvgIpc) is 2.53. The zero-order valence-electron chi connectivity index (χ0n) is 8.16. The molecule has 1 heterocycles. The summed E-state index contributed by atoms with van der Waals surface area (Å²) in [5, 5.41) is 7.90. The summed E-state index contributed by atoms with van der Waals surface area (Å²) in [5.74, 6) is -0.0918. The fraction of sp³-hybridized carbons (Fsp3) is 0.500. The van der Waals surface area contributed by atoms with Gasteiger partial charge in [0.15, 0.2) is 5.13 Å². The Morgan fingerprint density at radius 2 is 2.50 bits per heavy atom. The van der Waals surface area contributed by atoms with Gasteiger partial charge in [-0.3, -0.25) is 4.79 Å². The molecule has 0 radical (unpaired) electrons. The van der Waals surface area contributed by atoms with E-state index in [-0.39, 0.29) is 5.91 Å². The predicted octanol–water partition coefficient (Wildman–Crippen LogP) is 0.447. The van der Waals surface area contributed by atoms with Crippen LogP contribution in [0.3, 0.4) is 0 Å². The van der Waals surface area contributed by atoms with Crippen LogP contribution in [0, 0.1) is 0 Å². The van der Waals surface area contributed by atoms with Crippen molar-refractivity contribution >= 4 is 22.4 Å². The van der Waals surface area contributed by atoms with Crippen molar-refractivity contribution in [2.75, 3.05) is 26.0 Å². The van der Waals surface area contributed by atoms with Crippen LogP contribution in [-0.2, 0) is 16.1 Å². The third kappa shape index (κ3) is 3.41. The number of aromatic nitrogens is 1. The second kappa shape index (κ2) is 5.69. The Morgan fingerprint density at radius 1 is 1.71 bits per heavy atom. The van der Waals surface area contributed by atoms with Crippen LogP contribution in [0.15, 0.2) is 5.38 Å². The maximum absolute atomic E-state index is 11.1. The van der Waals surface area contributed by atoms with Crippen LogP contribution in [-0.4, -0.2) is 31.6 Å². The topological polar surface area (TPSA) is 63.2 Å². The van der Waals surface area contributed by atoms with Crippen molar-refractivity contribution < 1.29 is 9.53 Å². The summed E-state index contributed by atoms with van der Waals surface area (Å²) >= 11 is 1.39. The van der Waals surface area contributed by atoms with Crippen LogP contribution in [0.4, 0.5) is 5.13 Å². The molecule has 0 aliphatic heterocycles. The number of methoxy groups -OCH3 is 1. The molecule has 1 aromatic rings. The van der Waals surface area contributed by atoms with E-state index in [2.05, 4.69) is 15.6 Å². The number of nitrogens with one attached hydrogen (secondary N) is 2. The number of ether oxygens (including phenoxy) is 1. The minimum absolute atomic E-state index is 0.0918. The second-order valence-corrected chi connectivity index (χ2v) is 3.51. The molecule has 6 heteroatoms. The first kappa shape index (κ1) is 11.1. The molecule has 0 aliphatic carbocycles. The molecule has 0 aromatic carbocycles. The van der Waals surface area contributed by atoms with Crippen LogP contribution in [0.5, 0.6) is 0 Å². The molecule has 1 amide bonds. The predicted molar refractivity (Wildman–Crippen MR) is 55.4 cm³/mol. The summed E-state index contributed by atoms with van der Waals surface area (Å²) in [5.41, 5.74) is 0.831. The lowest BCUT2D eigenvalue weighted by atomic mass is 10.5. The standard InChI is InChI=1S/C8H13N3O2S/c1-9-3-7(12)11-8-10-6(4-13-2)5-14-8/h5,9H,3-4H2,1-2H3,(H,10,11,12). The molecule has 1 rings (SSSR count). The van der Waals surface area contributed by atoms with Gasteiger partial charge in [0.2, 0.25) is 5.91 Å². The smallest absolute Gasteiger partial charge is 0.240 e. The third-order valence-electron chi connectivity index (χ3n) is 1.43. The molecule has 0 aliphatic rings. The van der Waals surface area contributed by atoms with Crippen LogP contribution in [0.2, 0.25) is 0 Å². The summed E-state index contributed by atoms with van der Waals surface area (Å²) in [7, 11) is 3.33. The molecule has 0 saturated heterocycles. The highest BCUT2D eigenvalue weighted by Crippen LogP contribution is 2.15. The normalized spacial score (nSPS) is 10.1. The SMILES string of the molecule is CNCC(=O)Nc1nc(COC)cs1. The summed E-state index contributed by atoms with van der Waals surface area (Å²) in [6.07, 6.45) is 0. The number of thiazole rings is 1. The van der Waals surface area contributed by atoms with Gasteiger partial charge in [0.1, 0.15) is 0 Å². The van der Waals surface area contributed by atoms with Crippen LogP contribution in [0.25, 0.3) is 0 Å². The van der Waals surface area contributed by atoms with Crippen molar-refractivity contribution in [3.63, 3.8) is 0 Å². The Morgan fingerprint density at radius 3 is 3.14 bits per heavy atom. The van der Waals surface area contributed by atoms with Crippen molar-refractivity contribution in [3.8, 4) is 0 Å². The first-order valence-corrected chi connectivity index (χ1v) is 5.02. The van der Waals surface area contributed by atoms with Crippen molar-refractivity contribution in [1.29, 1.82) is 0 Å². The highest BCUT2D eigenvalue weighted by molar-refractivity contribution is 7.13. The van der Waals surface area contributed by atoms with Gasteiger partial charge < -0.3 is 15.4 Å². The molecule has 5 nitrogen and oxygen atoms in total. The fourth-order valence-corrected chi connectivity index (χ4v) is 1.61. The van der Waals surface area contributed by atoms with Gasteiger partial charge >= 0.3 is 0 Å². The Hall–Kier alpha value is -0.980. The summed E-state index contributed by atoms with van der Waals surface area (Å²) in [6.45, 7) is 0.761. The average molecular weight is 215 g/mol. The minimum Gasteiger partial charge on any atom is -0.378 e. The maximum Gasteiger partial charge on any atom is 0.240 e. The molecule has 0 bridgehead atoms. The van der Waals surface area contributed by atoms with Gasteiger partial charge in [-0.2, -0.15) is 0 Å². The quantitative estimate of drug-likeness (QED) is 0.748. The molecule has 2 N–H and O–H groups in total. The fourth-order valence-electron chi connectivity index (χ4n) is 0.903. The first-order valence-electron chi connectivity index (χ1n) is 4.14. The van der Waals surface area contributed by atoms with E-state index in [0.717, 1.165) is 5.69 Å². The van der Waals surface area contributed by atoms with Crippen molar-refractivity contribution in [3.05, 3.63) is 11.1 Å². The number of hydrogen-bond acceptors (Lipinski definition) is 5. The Bertz CT molecular complexity index is 301. The Labute approximate surface area is 86.5 Å². The zero-order valence-corrected chi connectivity index (χ0v) is 8.98. The largest absolute Gasteiger partial charge is 0.378 e. The summed E-state index contributed by atoms with van der Waals surface area (Å²) in [4.78, 5) is 15.3. The molecule has 0 fully saturated rings. The molecule has 14 heavy (non-hydrogen) atoms. The number of amides is 1. The number of carbonyl (C=O) groups excluding carboxylic acids is 1. The van der Waals surface area contributed by atoms with E-state index in [1.165, 1.54) is 11.3 Å². The summed E-state index contributed by atoms with van der Waals surface area (Å²) < 4.78 is 4.91. The van der Waals surface area contributed by atoms with Gasteiger partial charge in [-0.1, -0.05) is 0 Å². The molecule has 0 spiro atoms. The molecule has 0 saturated carbocycles. The first-order chi connectivity index (χ1) is 6.76. The van der Waals surface area contributed by atoms with Gasteiger partial charge in [-0.05, 0) is 7.05 Å². The zero-order chi connectivity index (χ0) is 10.4. The van der Waals surface area contributed by atoms with Gasteiger partial charge in [0.25, 0.3) is 0 Å². The van der Waals surface area contributed by atoms with E-state index >= 15 is 0 Å². The highest BCUT2D eigenvalue weighted by Gasteiger charge is 2.04. The van der Waals surface area contributed by atoms with Crippen LogP contribution in [0.1, 0.15) is 5.69 Å². The molecule has 0 atom stereocenters. The number of carbonyl (C=O) groups is 1. The van der Waals surface area contributed by atoms with Gasteiger partial charge in [0, 0.05) is 12.5 Å². The molecule has 1 aromatic heterocycles. The van der Waals surface area contributed by atoms with E-state index in [0.29, 0.717) is 18.3 Å². The van der Waals surface area contributed by atoms with Gasteiger partial charge in [-0.25, -0.2) is 4.98 Å². The number of hydrogen-bond donors (Lipinski definition) is 2. The molecule has 0 unspecified atom stereocenters. The van der Waals surface area contributed by atoms with Crippen molar-refractivity contribution in [1.82, 2.24) is 10.3 Å². The second-order valence-electron chi connectivity index (χ2n) is 2.66. The third-order valence-corrected chi connectivity index (χ3v) is 2.23. The van der Waals surface area contributed by atoms with Gasteiger partial charge in [-0.15, -0.1) is 11.3 Å². The lowest BCUT2D eigenvalue weighted by Gasteiger charge is -1.99. The number of likely N-dealkylation sites (N-methyl/N-ethyl adjacent to an activating group) is 1. The number of anilines is 1. The van der Waals surface area contributed by atoms with E-state index in [4.69, 9.17) is 4.74 Å². The monoisotopic (exact) mass is 215 g/mol. The van der Waals surface area contributed by atoms with Crippen LogP contribution < -0.4 is 10.6 Å². The van der Waals surface area contributed by atoms with Crippen LogP contribution >= 0.6 is 11.3 Å². The molecular formula is C8H13N3O2S. The van der Waals surface area contributed by atoms with E-state index in [1.54, 1.807) is 14.2 Å². The Balaban J connectivity index is 2.46. The highest BCUT2D eigenvalue weighted by atomic mass is 32.1. The summed E-state index contributed by atoms with van der Waals surface area (Å²) in [6, 6.07) is 0. The van der Waals surface area contributed by atoms with Crippen molar-refractivity contribution in [2.24, 2.45) is 0 Å². The minimum atomic E-state index is -0.0918. The maximum atomic E-state index is 11.1. The number of rotatable bonds is 5. The van der Waals surface area contributed by atoms with E-state index in [1.807, 2.05) is 5.38 Å². The lowest BCUT2D eigenvalue weighted by molar-refractivity contribution is -0.115. The lowest BCUT2D eigenvalue weighted by Crippen LogP contribution is -2.24. The molecular weight excluding hydrogens is 202 g/mol.